The number of methoxy groups -OCH3 is 1. The van der Waals surface area contributed by atoms with Gasteiger partial charge in [-0.3, -0.25) is 9.69 Å². The number of hydrogen-bond acceptors (Lipinski definition) is 7. The average Bonchev–Trinajstić information content (AvgIpc) is 2.89. The third-order valence-corrected chi connectivity index (χ3v) is 5.82. The highest BCUT2D eigenvalue weighted by atomic mass is 16.5. The van der Waals surface area contributed by atoms with E-state index in [0.717, 1.165) is 68.0 Å². The van der Waals surface area contributed by atoms with E-state index in [-0.39, 0.29) is 5.56 Å². The third kappa shape index (κ3) is 7.74. The molecule has 1 aliphatic heterocycles. The maximum Gasteiger partial charge on any atom is 0.414 e. The summed E-state index contributed by atoms with van der Waals surface area (Å²) in [5, 5.41) is 15.8. The SMILES string of the molecule is COc1ccccc1N1CCN(CCCCOc2ccc3ccc(=O)[nH]c3c2)CC1.O=C(O)C(=O)O. The van der Waals surface area contributed by atoms with Crippen molar-refractivity contribution in [3.63, 3.8) is 0 Å². The third-order valence-electron chi connectivity index (χ3n) is 5.82. The number of carboxylic acids is 2. The fourth-order valence-corrected chi connectivity index (χ4v) is 3.95. The summed E-state index contributed by atoms with van der Waals surface area (Å²) in [4.78, 5) is 37.4. The lowest BCUT2D eigenvalue weighted by Crippen LogP contribution is -2.46. The van der Waals surface area contributed by atoms with Crippen molar-refractivity contribution in [3.8, 4) is 11.5 Å². The highest BCUT2D eigenvalue weighted by Gasteiger charge is 2.19. The number of piperazine rings is 1. The van der Waals surface area contributed by atoms with Gasteiger partial charge in [-0.25, -0.2) is 9.59 Å². The minimum Gasteiger partial charge on any atom is -0.495 e. The molecular weight excluding hydrogens is 466 g/mol. The van der Waals surface area contributed by atoms with Gasteiger partial charge in [0, 0.05) is 38.3 Å². The maximum atomic E-state index is 11.5. The molecule has 2 heterocycles. The number of nitrogens with zero attached hydrogens (tertiary/aromatic N) is 2. The van der Waals surface area contributed by atoms with E-state index in [0.29, 0.717) is 6.61 Å². The van der Waals surface area contributed by atoms with Crippen molar-refractivity contribution in [3.05, 3.63) is 65.0 Å². The highest BCUT2D eigenvalue weighted by Crippen LogP contribution is 2.28. The number of pyridine rings is 1. The molecule has 3 N–H and O–H groups in total. The Morgan fingerprint density at radius 2 is 1.64 bits per heavy atom. The molecular formula is C26H31N3O7. The normalized spacial score (nSPS) is 13.5. The van der Waals surface area contributed by atoms with Gasteiger partial charge in [0.25, 0.3) is 0 Å². The van der Waals surface area contributed by atoms with Crippen LogP contribution in [0.2, 0.25) is 0 Å². The smallest absolute Gasteiger partial charge is 0.414 e. The number of aromatic amines is 1. The van der Waals surface area contributed by atoms with Crippen LogP contribution in [0.1, 0.15) is 12.8 Å². The number of carbonyl (C=O) groups is 2. The summed E-state index contributed by atoms with van der Waals surface area (Å²) in [5.41, 5.74) is 1.91. The van der Waals surface area contributed by atoms with Crippen LogP contribution in [0.5, 0.6) is 11.5 Å². The summed E-state index contributed by atoms with van der Waals surface area (Å²) in [6, 6.07) is 17.4. The van der Waals surface area contributed by atoms with E-state index in [1.165, 1.54) is 5.69 Å². The Balaban J connectivity index is 0.000000538. The maximum absolute atomic E-state index is 11.5. The lowest BCUT2D eigenvalue weighted by molar-refractivity contribution is -0.159. The first kappa shape index (κ1) is 26.6. The zero-order valence-corrected chi connectivity index (χ0v) is 20.2. The Morgan fingerprint density at radius 1 is 0.944 bits per heavy atom. The van der Waals surface area contributed by atoms with Gasteiger partial charge in [-0.1, -0.05) is 12.1 Å². The van der Waals surface area contributed by atoms with E-state index in [4.69, 9.17) is 29.3 Å². The molecule has 0 atom stereocenters. The fourth-order valence-electron chi connectivity index (χ4n) is 3.95. The number of unbranched alkanes of at least 4 members (excludes halogenated alkanes) is 1. The molecule has 4 rings (SSSR count). The number of hydrogen-bond donors (Lipinski definition) is 3. The summed E-state index contributed by atoms with van der Waals surface area (Å²) < 4.78 is 11.4. The number of anilines is 1. The molecule has 0 spiro atoms. The predicted molar refractivity (Wildman–Crippen MR) is 136 cm³/mol. The van der Waals surface area contributed by atoms with Gasteiger partial charge in [-0.2, -0.15) is 0 Å². The van der Waals surface area contributed by atoms with Gasteiger partial charge in [-0.15, -0.1) is 0 Å². The molecule has 1 aliphatic rings. The molecule has 10 heteroatoms. The minimum atomic E-state index is -1.82. The van der Waals surface area contributed by atoms with Gasteiger partial charge >= 0.3 is 11.9 Å². The molecule has 10 nitrogen and oxygen atoms in total. The molecule has 0 aliphatic carbocycles. The Labute approximate surface area is 208 Å². The van der Waals surface area contributed by atoms with E-state index >= 15 is 0 Å². The van der Waals surface area contributed by atoms with E-state index in [9.17, 15) is 4.79 Å². The molecule has 1 saturated heterocycles. The van der Waals surface area contributed by atoms with Crippen molar-refractivity contribution < 1.29 is 29.3 Å². The number of benzene rings is 2. The van der Waals surface area contributed by atoms with Crippen molar-refractivity contribution >= 4 is 28.5 Å². The van der Waals surface area contributed by atoms with E-state index in [2.05, 4.69) is 26.9 Å². The van der Waals surface area contributed by atoms with Crippen LogP contribution >= 0.6 is 0 Å². The van der Waals surface area contributed by atoms with Gasteiger partial charge in [0.05, 0.1) is 24.9 Å². The van der Waals surface area contributed by atoms with Crippen LogP contribution in [0.4, 0.5) is 5.69 Å². The molecule has 0 radical (unpaired) electrons. The molecule has 1 fully saturated rings. The average molecular weight is 498 g/mol. The number of aromatic nitrogens is 1. The molecule has 0 bridgehead atoms. The number of aliphatic carboxylic acids is 2. The minimum absolute atomic E-state index is 0.0922. The zero-order valence-electron chi connectivity index (χ0n) is 20.2. The number of rotatable bonds is 8. The lowest BCUT2D eigenvalue weighted by atomic mass is 10.2. The summed E-state index contributed by atoms with van der Waals surface area (Å²) in [7, 11) is 1.73. The molecule has 1 aromatic heterocycles. The van der Waals surface area contributed by atoms with E-state index < -0.39 is 11.9 Å². The van der Waals surface area contributed by atoms with Gasteiger partial charge in [0.2, 0.25) is 5.56 Å². The van der Waals surface area contributed by atoms with Crippen LogP contribution in [-0.4, -0.2) is 78.5 Å². The standard InChI is InChI=1S/C24H29N3O3.C2H2O4/c1-29-23-7-3-2-6-22(23)27-15-13-26(14-16-27)12-4-5-17-30-20-10-8-19-9-11-24(28)25-21(19)18-20;3-1(4)2(5)6/h2-3,6-11,18H,4-5,12-17H2,1H3,(H,25,28);(H,3,4)(H,5,6). The summed E-state index contributed by atoms with van der Waals surface area (Å²) >= 11 is 0. The number of nitrogens with one attached hydrogen (secondary N) is 1. The molecule has 36 heavy (non-hydrogen) atoms. The van der Waals surface area contributed by atoms with Gasteiger partial charge < -0.3 is 29.6 Å². The van der Waals surface area contributed by atoms with Crippen LogP contribution in [0.25, 0.3) is 10.9 Å². The molecule has 0 saturated carbocycles. The van der Waals surface area contributed by atoms with Gasteiger partial charge in [0.1, 0.15) is 11.5 Å². The molecule has 0 unspecified atom stereocenters. The topological polar surface area (TPSA) is 132 Å². The van der Waals surface area contributed by atoms with Crippen molar-refractivity contribution in [2.45, 2.75) is 12.8 Å². The number of ether oxygens (including phenoxy) is 2. The molecule has 3 aromatic rings. The van der Waals surface area contributed by atoms with Crippen molar-refractivity contribution in [1.82, 2.24) is 9.88 Å². The molecule has 2 aromatic carbocycles. The number of carboxylic acid groups (broad SMARTS) is 2. The Morgan fingerprint density at radius 3 is 2.33 bits per heavy atom. The second kappa shape index (κ2) is 13.1. The lowest BCUT2D eigenvalue weighted by Gasteiger charge is -2.36. The predicted octanol–water partition coefficient (Wildman–Crippen LogP) is 2.67. The van der Waals surface area contributed by atoms with Gasteiger partial charge in [-0.05, 0) is 55.1 Å². The van der Waals surface area contributed by atoms with Crippen molar-refractivity contribution in [1.29, 1.82) is 0 Å². The molecule has 192 valence electrons. The Hall–Kier alpha value is -4.05. The summed E-state index contributed by atoms with van der Waals surface area (Å²) in [6.07, 6.45) is 2.12. The van der Waals surface area contributed by atoms with Crippen molar-refractivity contribution in [2.75, 3.05) is 51.3 Å². The fraction of sp³-hybridized carbons (Fsp3) is 0.346. The Kier molecular flexibility index (Phi) is 9.70. The van der Waals surface area contributed by atoms with Crippen LogP contribution < -0.4 is 19.9 Å². The highest BCUT2D eigenvalue weighted by molar-refractivity contribution is 6.27. The second-order valence-corrected chi connectivity index (χ2v) is 8.24. The monoisotopic (exact) mass is 497 g/mol. The summed E-state index contributed by atoms with van der Waals surface area (Å²) in [6.45, 7) is 5.95. The van der Waals surface area contributed by atoms with Crippen molar-refractivity contribution in [2.24, 2.45) is 0 Å². The largest absolute Gasteiger partial charge is 0.495 e. The van der Waals surface area contributed by atoms with E-state index in [1.54, 1.807) is 13.2 Å². The van der Waals surface area contributed by atoms with Gasteiger partial charge in [0.15, 0.2) is 0 Å². The van der Waals surface area contributed by atoms with Crippen LogP contribution in [0.15, 0.2) is 59.4 Å². The zero-order chi connectivity index (χ0) is 25.9. The first-order valence-corrected chi connectivity index (χ1v) is 11.7. The number of H-pyrrole nitrogens is 1. The Bertz CT molecular complexity index is 1210. The van der Waals surface area contributed by atoms with Crippen LogP contribution in [0.3, 0.4) is 0 Å². The quantitative estimate of drug-likeness (QED) is 0.317. The molecule has 0 amide bonds. The van der Waals surface area contributed by atoms with E-state index in [1.807, 2.05) is 36.4 Å². The van der Waals surface area contributed by atoms with Crippen LogP contribution in [0, 0.1) is 0 Å². The number of para-hydroxylation sites is 2. The second-order valence-electron chi connectivity index (χ2n) is 8.24. The first-order chi connectivity index (χ1) is 17.4. The number of fused-ring (bicyclic) bond motifs is 1. The first-order valence-electron chi connectivity index (χ1n) is 11.7. The van der Waals surface area contributed by atoms with Crippen LogP contribution in [-0.2, 0) is 9.59 Å². The summed E-state index contributed by atoms with van der Waals surface area (Å²) in [5.74, 6) is -1.90.